The van der Waals surface area contributed by atoms with Gasteiger partial charge in [-0.1, -0.05) is 104 Å². The Balaban J connectivity index is 3.06. The van der Waals surface area contributed by atoms with Crippen molar-refractivity contribution in [3.8, 4) is 17.6 Å². The number of nitriles is 1. The summed E-state index contributed by atoms with van der Waals surface area (Å²) in [4.78, 5) is 14.4. The van der Waals surface area contributed by atoms with E-state index in [9.17, 15) is 10.1 Å². The fourth-order valence-electron chi connectivity index (χ4n) is 7.85. The largest absolute Gasteiger partial charge is 0.543 e. The Morgan fingerprint density at radius 3 is 1.67 bits per heavy atom. The quantitative estimate of drug-likeness (QED) is 0.0933. The van der Waals surface area contributed by atoms with Crippen molar-refractivity contribution >= 4 is 47.6 Å². The molecule has 0 saturated carbocycles. The number of hydrogen-bond donors (Lipinski definition) is 0. The van der Waals surface area contributed by atoms with E-state index in [0.29, 0.717) is 30.6 Å². The van der Waals surface area contributed by atoms with Crippen molar-refractivity contribution in [2.45, 2.75) is 253 Å². The van der Waals surface area contributed by atoms with E-state index in [4.69, 9.17) is 31.6 Å². The van der Waals surface area contributed by atoms with E-state index in [2.05, 4.69) is 176 Å². The number of nitrogens with zero attached hydrogens (tertiary/aromatic N) is 1. The van der Waals surface area contributed by atoms with Crippen LogP contribution in [0, 0.1) is 29.6 Å². The van der Waals surface area contributed by atoms with Gasteiger partial charge in [0.1, 0.15) is 23.2 Å². The summed E-state index contributed by atoms with van der Waals surface area (Å²) in [7, 11) is -10.1. The Bertz CT molecular complexity index is 1750. The number of esters is 1. The molecule has 1 aliphatic rings. The minimum absolute atomic E-state index is 0.0676. The van der Waals surface area contributed by atoms with E-state index in [1.165, 1.54) is 7.11 Å². The van der Waals surface area contributed by atoms with E-state index >= 15 is 0 Å². The minimum atomic E-state index is -2.48. The highest BCUT2D eigenvalue weighted by Gasteiger charge is 2.51. The lowest BCUT2D eigenvalue weighted by Gasteiger charge is -2.51. The molecule has 64 heavy (non-hydrogen) atoms. The molecule has 0 N–H and O–H groups in total. The van der Waals surface area contributed by atoms with Crippen LogP contribution in [0.3, 0.4) is 0 Å². The molecule has 1 heterocycles. The Hall–Kier alpha value is -1.30. The molecule has 1 fully saturated rings. The van der Waals surface area contributed by atoms with Gasteiger partial charge in [-0.3, -0.25) is 0 Å². The molecule has 1 aliphatic heterocycles. The van der Waals surface area contributed by atoms with Crippen molar-refractivity contribution in [3.63, 3.8) is 0 Å². The molecule has 1 saturated heterocycles. The molecule has 370 valence electrons. The van der Waals surface area contributed by atoms with Gasteiger partial charge in [-0.25, -0.2) is 4.79 Å². The third kappa shape index (κ3) is 14.1. The Morgan fingerprint density at radius 2 is 1.27 bits per heavy atom. The number of carbonyl (C=O) groups excluding carboxylic acids is 1. The van der Waals surface area contributed by atoms with Crippen molar-refractivity contribution in [2.75, 3.05) is 7.11 Å². The minimum Gasteiger partial charge on any atom is -0.543 e. The first-order chi connectivity index (χ1) is 28.7. The van der Waals surface area contributed by atoms with Crippen LogP contribution in [0.5, 0.6) is 11.5 Å². The van der Waals surface area contributed by atoms with Gasteiger partial charge in [0.15, 0.2) is 25.0 Å². The van der Waals surface area contributed by atoms with Crippen molar-refractivity contribution < 1.29 is 36.4 Å². The van der Waals surface area contributed by atoms with Crippen LogP contribution in [0.4, 0.5) is 0 Å². The molecule has 0 aromatic heterocycles. The molecule has 0 unspecified atom stereocenters. The number of carbonyl (C=O) groups is 1. The zero-order valence-electron chi connectivity index (χ0n) is 46.0. The molecule has 1 aromatic carbocycles. The first-order valence-electron chi connectivity index (χ1n) is 24.4. The summed E-state index contributed by atoms with van der Waals surface area (Å²) in [5.41, 5.74) is 1.78. The molecule has 9 nitrogen and oxygen atoms in total. The molecule has 1 aromatic rings. The topological polar surface area (TPSA) is 105 Å². The standard InChI is InChI=1S/C50H97NO8Si5/c1-27-64(28-2,29-3)59-44-30-37(34-51)54-43(50(44,15)16)33-41(55-60(18,19)20)36(5)39(56-61(21,22)47(6,7)8)31-38-35(4)40(57-62(23,24)48(9,10)11)32-42(45(38)46(52)53-17)58-63(25,26)49(12,13)14/h32,36-37,39,41,43-44H,27-31,33H2,1-26H3/t36-,37+,39-,41+,43-,44-/m1/s1. The highest BCUT2D eigenvalue weighted by atomic mass is 28.4. The number of hydrogen-bond acceptors (Lipinski definition) is 9. The van der Waals surface area contributed by atoms with Gasteiger partial charge in [-0.2, -0.15) is 5.26 Å². The van der Waals surface area contributed by atoms with Crippen molar-refractivity contribution in [1.82, 2.24) is 0 Å². The SMILES string of the molecule is CC[Si](CC)(CC)O[C@@H]1C[C@@H](C#N)O[C@H](C[C@H](O[Si](C)(C)C)[C@H](C)[C@@H](Cc2c(C)c(O[Si](C)(C)C(C)(C)C)cc(O[Si](C)(C)C(C)(C)C)c2C(=O)OC)O[Si](C)(C)C(C)(C)C)C1(C)C. The van der Waals surface area contributed by atoms with E-state index in [1.54, 1.807) is 0 Å². The first kappa shape index (κ1) is 58.8. The summed E-state index contributed by atoms with van der Waals surface area (Å²) in [6.07, 6.45) is -0.105. The zero-order valence-corrected chi connectivity index (χ0v) is 51.0. The van der Waals surface area contributed by atoms with Crippen LogP contribution in [0.25, 0.3) is 0 Å². The van der Waals surface area contributed by atoms with Crippen LogP contribution in [0.2, 0.25) is 92.2 Å². The molecule has 0 radical (unpaired) electrons. The van der Waals surface area contributed by atoms with Gasteiger partial charge in [0.05, 0.1) is 37.6 Å². The third-order valence-corrected chi connectivity index (χ3v) is 34.9. The van der Waals surface area contributed by atoms with E-state index in [1.807, 2.05) is 6.07 Å². The lowest BCUT2D eigenvalue weighted by molar-refractivity contribution is -0.166. The highest BCUT2D eigenvalue weighted by Crippen LogP contribution is 2.48. The molecule has 2 rings (SSSR count). The number of methoxy groups -OCH3 is 1. The summed E-state index contributed by atoms with van der Waals surface area (Å²) >= 11 is 0. The number of benzene rings is 1. The predicted octanol–water partition coefficient (Wildman–Crippen LogP) is 14.8. The molecular weight excluding hydrogens is 883 g/mol. The fourth-order valence-corrected chi connectivity index (χ4v) is 15.6. The summed E-state index contributed by atoms with van der Waals surface area (Å²) in [5.74, 6) is 0.666. The molecule has 0 spiro atoms. The van der Waals surface area contributed by atoms with Crippen LogP contribution in [-0.2, 0) is 29.2 Å². The number of rotatable bonds is 20. The van der Waals surface area contributed by atoms with Crippen LogP contribution >= 0.6 is 0 Å². The Kier molecular flexibility index (Phi) is 19.4. The van der Waals surface area contributed by atoms with Crippen LogP contribution in [0.1, 0.15) is 138 Å². The van der Waals surface area contributed by atoms with Gasteiger partial charge in [0, 0.05) is 23.8 Å². The second-order valence-corrected chi connectivity index (χ2v) is 48.6. The second-order valence-electron chi connectivity index (χ2n) is 25.2. The predicted molar refractivity (Wildman–Crippen MR) is 281 cm³/mol. The van der Waals surface area contributed by atoms with Gasteiger partial charge in [0.25, 0.3) is 8.32 Å². The molecule has 0 bridgehead atoms. The Labute approximate surface area is 398 Å². The summed E-state index contributed by atoms with van der Waals surface area (Å²) in [6, 6.07) is 7.57. The molecule has 6 atom stereocenters. The van der Waals surface area contributed by atoms with Gasteiger partial charge in [-0.15, -0.1) is 0 Å². The van der Waals surface area contributed by atoms with Crippen LogP contribution in [-0.4, -0.2) is 85.2 Å². The monoisotopic (exact) mass is 980 g/mol. The Morgan fingerprint density at radius 1 is 0.797 bits per heavy atom. The van der Waals surface area contributed by atoms with Crippen LogP contribution in [0.15, 0.2) is 6.07 Å². The van der Waals surface area contributed by atoms with Crippen LogP contribution < -0.4 is 8.85 Å². The average Bonchev–Trinajstić information content (AvgIpc) is 3.13. The lowest BCUT2D eigenvalue weighted by atomic mass is 9.73. The van der Waals surface area contributed by atoms with Crippen molar-refractivity contribution in [2.24, 2.45) is 11.3 Å². The van der Waals surface area contributed by atoms with Gasteiger partial charge < -0.3 is 31.6 Å². The fraction of sp³-hybridized carbons (Fsp3) is 0.840. The zero-order chi connectivity index (χ0) is 50.0. The normalized spacial score (nSPS) is 20.9. The first-order valence-corrected chi connectivity index (χ1v) is 39.1. The maximum absolute atomic E-state index is 14.4. The third-order valence-electron chi connectivity index (χ3n) is 16.0. The second kappa shape index (κ2) is 21.1. The lowest BCUT2D eigenvalue weighted by Crippen LogP contribution is -2.57. The molecule has 0 amide bonds. The van der Waals surface area contributed by atoms with Gasteiger partial charge >= 0.3 is 5.97 Å². The summed E-state index contributed by atoms with van der Waals surface area (Å²) in [6.45, 7) is 56.1. The molecule has 0 aliphatic carbocycles. The van der Waals surface area contributed by atoms with Crippen molar-refractivity contribution in [1.29, 1.82) is 5.26 Å². The van der Waals surface area contributed by atoms with Crippen molar-refractivity contribution in [3.05, 3.63) is 22.8 Å². The molecule has 14 heteroatoms. The highest BCUT2D eigenvalue weighted by molar-refractivity contribution is 6.76. The van der Waals surface area contributed by atoms with E-state index in [-0.39, 0.29) is 50.9 Å². The molecular formula is C50H97NO8Si5. The van der Waals surface area contributed by atoms with Gasteiger partial charge in [0.2, 0.25) is 8.32 Å². The average molecular weight is 981 g/mol. The maximum atomic E-state index is 14.4. The van der Waals surface area contributed by atoms with E-state index in [0.717, 1.165) is 35.0 Å². The number of ether oxygens (including phenoxy) is 2. The maximum Gasteiger partial charge on any atom is 0.341 e. The van der Waals surface area contributed by atoms with E-state index < -0.39 is 53.7 Å². The smallest absolute Gasteiger partial charge is 0.341 e. The van der Waals surface area contributed by atoms with Gasteiger partial charge in [-0.05, 0) is 123 Å². The summed E-state index contributed by atoms with van der Waals surface area (Å²) in [5, 5.41) is 10.1. The summed E-state index contributed by atoms with van der Waals surface area (Å²) < 4.78 is 49.0.